The minimum Gasteiger partial charge on any atom is -0.388 e. The van der Waals surface area contributed by atoms with Gasteiger partial charge in [-0.05, 0) is 67.7 Å². The van der Waals surface area contributed by atoms with Gasteiger partial charge in [0.2, 0.25) is 0 Å². The Hall–Kier alpha value is -2.17. The van der Waals surface area contributed by atoms with E-state index in [-0.39, 0.29) is 0 Å². The fourth-order valence-electron chi connectivity index (χ4n) is 3.88. The molecule has 2 aliphatic rings. The second-order valence-corrected chi connectivity index (χ2v) is 12.1. The first-order valence-corrected chi connectivity index (χ1v) is 12.6. The molecular formula is C21H23N2SSi+. The van der Waals surface area contributed by atoms with E-state index in [0.29, 0.717) is 0 Å². The first-order valence-electron chi connectivity index (χ1n) is 8.61. The molecule has 1 aromatic carbocycles. The molecule has 126 valence electrons. The highest BCUT2D eigenvalue weighted by molar-refractivity contribution is 7.08. The van der Waals surface area contributed by atoms with Gasteiger partial charge in [-0.2, -0.15) is 11.3 Å². The van der Waals surface area contributed by atoms with Crippen LogP contribution in [-0.4, -0.2) is 27.9 Å². The van der Waals surface area contributed by atoms with Gasteiger partial charge in [0.15, 0.2) is 5.71 Å². The summed E-state index contributed by atoms with van der Waals surface area (Å²) in [5, 5.41) is 10.8. The molecule has 0 fully saturated rings. The van der Waals surface area contributed by atoms with Gasteiger partial charge in [-0.3, -0.25) is 0 Å². The lowest BCUT2D eigenvalue weighted by Crippen LogP contribution is -2.67. The normalized spacial score (nSPS) is 19.5. The topological polar surface area (TPSA) is 26.0 Å². The van der Waals surface area contributed by atoms with Gasteiger partial charge in [-0.1, -0.05) is 19.2 Å². The summed E-state index contributed by atoms with van der Waals surface area (Å²) in [6.07, 6.45) is 6.86. The number of hydrogen-bond acceptors (Lipinski definition) is 2. The van der Waals surface area contributed by atoms with E-state index in [1.165, 1.54) is 44.1 Å². The van der Waals surface area contributed by atoms with Gasteiger partial charge >= 0.3 is 0 Å². The average Bonchev–Trinajstić information content (AvgIpc) is 3.16. The summed E-state index contributed by atoms with van der Waals surface area (Å²) in [5.74, 6) is 0. The number of allylic oxidation sites excluding steroid dienone is 5. The molecule has 2 aromatic rings. The Labute approximate surface area is 154 Å². The summed E-state index contributed by atoms with van der Waals surface area (Å²) in [5.41, 5.74) is 7.89. The molecule has 4 heteroatoms. The zero-order chi connectivity index (χ0) is 17.6. The Kier molecular flexibility index (Phi) is 3.89. The molecule has 2 heterocycles. The summed E-state index contributed by atoms with van der Waals surface area (Å²) >= 11 is 1.76. The van der Waals surface area contributed by atoms with Crippen molar-refractivity contribution >= 4 is 41.6 Å². The van der Waals surface area contributed by atoms with Crippen LogP contribution in [0.3, 0.4) is 0 Å². The van der Waals surface area contributed by atoms with E-state index in [0.717, 1.165) is 0 Å². The van der Waals surface area contributed by atoms with Gasteiger partial charge in [0.1, 0.15) is 15.1 Å². The van der Waals surface area contributed by atoms with Crippen molar-refractivity contribution in [3.63, 3.8) is 0 Å². The van der Waals surface area contributed by atoms with Crippen LogP contribution in [0.1, 0.15) is 11.1 Å². The molecule has 0 saturated carbocycles. The molecular weight excluding hydrogens is 340 g/mol. The number of thiophene rings is 1. The van der Waals surface area contributed by atoms with E-state index in [2.05, 4.69) is 76.7 Å². The van der Waals surface area contributed by atoms with Crippen LogP contribution in [0.2, 0.25) is 13.1 Å². The Bertz CT molecular complexity index is 960. The monoisotopic (exact) mass is 363 g/mol. The number of hydrogen-bond donors (Lipinski definition) is 2. The predicted octanol–water partition coefficient (Wildman–Crippen LogP) is 2.71. The van der Waals surface area contributed by atoms with Gasteiger partial charge in [0.05, 0.1) is 0 Å². The fourth-order valence-corrected chi connectivity index (χ4v) is 7.61. The Morgan fingerprint density at radius 1 is 1.12 bits per heavy atom. The lowest BCUT2D eigenvalue weighted by atomic mass is 9.91. The van der Waals surface area contributed by atoms with Crippen molar-refractivity contribution in [2.45, 2.75) is 13.1 Å². The van der Waals surface area contributed by atoms with Crippen LogP contribution < -0.4 is 15.5 Å². The summed E-state index contributed by atoms with van der Waals surface area (Å²) in [7, 11) is 2.21. The van der Waals surface area contributed by atoms with Crippen molar-refractivity contribution in [2.75, 3.05) is 19.4 Å². The van der Waals surface area contributed by atoms with Crippen molar-refractivity contribution in [1.29, 1.82) is 0 Å². The molecule has 0 unspecified atom stereocenters. The molecule has 1 aliphatic carbocycles. The zero-order valence-corrected chi connectivity index (χ0v) is 16.9. The van der Waals surface area contributed by atoms with Crippen LogP contribution in [0.15, 0.2) is 64.0 Å². The quantitative estimate of drug-likeness (QED) is 0.789. The highest BCUT2D eigenvalue weighted by atomic mass is 32.1. The lowest BCUT2D eigenvalue weighted by Gasteiger charge is -2.37. The van der Waals surface area contributed by atoms with Crippen LogP contribution in [-0.2, 0) is 0 Å². The SMILES string of the molecule is CNc1ccc2c(c1)[Si](C)(C)C1=CC(=[NH+]C)C=CC1=C2c1ccsc1. The number of anilines is 1. The Morgan fingerprint density at radius 2 is 1.96 bits per heavy atom. The van der Waals surface area contributed by atoms with Crippen LogP contribution in [0.5, 0.6) is 0 Å². The van der Waals surface area contributed by atoms with Crippen LogP contribution in [0, 0.1) is 0 Å². The number of nitrogens with one attached hydrogen (secondary N) is 2. The van der Waals surface area contributed by atoms with Gasteiger partial charge in [-0.15, -0.1) is 0 Å². The van der Waals surface area contributed by atoms with Crippen molar-refractivity contribution in [1.82, 2.24) is 0 Å². The lowest BCUT2D eigenvalue weighted by molar-refractivity contribution is -0.417. The molecule has 2 nitrogen and oxygen atoms in total. The average molecular weight is 364 g/mol. The maximum absolute atomic E-state index is 3.31. The van der Waals surface area contributed by atoms with E-state index >= 15 is 0 Å². The summed E-state index contributed by atoms with van der Waals surface area (Å²) in [6.45, 7) is 4.93. The molecule has 0 spiro atoms. The molecule has 0 amide bonds. The van der Waals surface area contributed by atoms with Crippen LogP contribution in [0.25, 0.3) is 5.57 Å². The molecule has 25 heavy (non-hydrogen) atoms. The molecule has 0 saturated heterocycles. The van der Waals surface area contributed by atoms with Gasteiger partial charge in [0.25, 0.3) is 0 Å². The Balaban J connectivity index is 2.08. The molecule has 0 atom stereocenters. The minimum absolute atomic E-state index is 1.19. The standard InChI is InChI=1S/C21H22N2SSi/c1-22-15-5-7-17-19(11-15)25(3,4)20-12-16(23-2)6-8-18(20)21(17)14-9-10-24-13-14/h5-13,22H,1-4H3/p+1. The van der Waals surface area contributed by atoms with Crippen molar-refractivity contribution in [3.8, 4) is 0 Å². The maximum atomic E-state index is 3.31. The highest BCUT2D eigenvalue weighted by Crippen LogP contribution is 2.41. The molecule has 4 rings (SSSR count). The predicted molar refractivity (Wildman–Crippen MR) is 113 cm³/mol. The van der Waals surface area contributed by atoms with Crippen molar-refractivity contribution < 1.29 is 4.99 Å². The van der Waals surface area contributed by atoms with Crippen LogP contribution in [0.4, 0.5) is 5.69 Å². The molecule has 0 bridgehead atoms. The zero-order valence-electron chi connectivity index (χ0n) is 15.1. The van der Waals surface area contributed by atoms with E-state index in [1.807, 2.05) is 14.1 Å². The summed E-state index contributed by atoms with van der Waals surface area (Å²) in [6, 6.07) is 9.11. The number of rotatable bonds is 2. The molecule has 2 N–H and O–H groups in total. The summed E-state index contributed by atoms with van der Waals surface area (Å²) in [4.78, 5) is 3.31. The van der Waals surface area contributed by atoms with E-state index in [1.54, 1.807) is 11.3 Å². The van der Waals surface area contributed by atoms with E-state index in [4.69, 9.17) is 0 Å². The third kappa shape index (κ3) is 2.48. The maximum Gasteiger partial charge on any atom is 0.197 e. The van der Waals surface area contributed by atoms with E-state index < -0.39 is 8.07 Å². The smallest absolute Gasteiger partial charge is 0.197 e. The van der Waals surface area contributed by atoms with E-state index in [9.17, 15) is 0 Å². The van der Waals surface area contributed by atoms with Gasteiger partial charge in [0, 0.05) is 24.9 Å². The second kappa shape index (κ2) is 5.97. The molecule has 1 aromatic heterocycles. The number of benzene rings is 1. The van der Waals surface area contributed by atoms with Crippen LogP contribution >= 0.6 is 11.3 Å². The van der Waals surface area contributed by atoms with Gasteiger partial charge in [-0.25, -0.2) is 4.99 Å². The first kappa shape index (κ1) is 16.3. The highest BCUT2D eigenvalue weighted by Gasteiger charge is 2.40. The Morgan fingerprint density at radius 3 is 2.64 bits per heavy atom. The summed E-state index contributed by atoms with van der Waals surface area (Å²) < 4.78 is 0. The minimum atomic E-state index is -1.78. The van der Waals surface area contributed by atoms with Crippen molar-refractivity contribution in [3.05, 3.63) is 75.2 Å². The first-order chi connectivity index (χ1) is 12.1. The fraction of sp³-hybridized carbons (Fsp3) is 0.190. The third-order valence-electron chi connectivity index (χ3n) is 5.31. The largest absolute Gasteiger partial charge is 0.388 e. The molecule has 1 aliphatic heterocycles. The molecule has 0 radical (unpaired) electrons. The van der Waals surface area contributed by atoms with Gasteiger partial charge < -0.3 is 5.32 Å². The second-order valence-electron chi connectivity index (χ2n) is 7.03. The third-order valence-corrected chi connectivity index (χ3v) is 9.52. The van der Waals surface area contributed by atoms with Crippen molar-refractivity contribution in [2.24, 2.45) is 0 Å². The number of fused-ring (bicyclic) bond motifs is 2.